The van der Waals surface area contributed by atoms with Crippen molar-refractivity contribution in [2.24, 2.45) is 0 Å². The third kappa shape index (κ3) is 2.27. The zero-order valence-electron chi connectivity index (χ0n) is 10.8. The molecule has 0 aliphatic carbocycles. The molecule has 20 heavy (non-hydrogen) atoms. The van der Waals surface area contributed by atoms with Gasteiger partial charge in [-0.05, 0) is 52.9 Å². The van der Waals surface area contributed by atoms with Gasteiger partial charge >= 0.3 is 0 Å². The molecule has 0 atom stereocenters. The van der Waals surface area contributed by atoms with Crippen LogP contribution in [0, 0.1) is 3.57 Å². The van der Waals surface area contributed by atoms with Crippen LogP contribution in [0.5, 0.6) is 0 Å². The summed E-state index contributed by atoms with van der Waals surface area (Å²) in [7, 11) is 0. The maximum Gasteiger partial charge on any atom is 0.143 e. The monoisotopic (exact) mass is 379 g/mol. The Morgan fingerprint density at radius 2 is 2.00 bits per heavy atom. The van der Waals surface area contributed by atoms with E-state index < -0.39 is 0 Å². The molecule has 5 heteroatoms. The highest BCUT2D eigenvalue weighted by Crippen LogP contribution is 2.30. The summed E-state index contributed by atoms with van der Waals surface area (Å²) >= 11 is 2.26. The lowest BCUT2D eigenvalue weighted by Crippen LogP contribution is -2.05. The number of aromatic nitrogens is 2. The first-order valence-corrected chi connectivity index (χ1v) is 7.40. The first kappa shape index (κ1) is 13.4. The van der Waals surface area contributed by atoms with Crippen molar-refractivity contribution in [3.05, 3.63) is 46.0 Å². The first-order chi connectivity index (χ1) is 9.70. The van der Waals surface area contributed by atoms with Gasteiger partial charge in [0.25, 0.3) is 0 Å². The Balaban J connectivity index is 2.29. The largest absolute Gasteiger partial charge is 0.398 e. The number of hydrogen-bond donors (Lipinski definition) is 2. The normalized spacial score (nSPS) is 11.1. The van der Waals surface area contributed by atoms with Gasteiger partial charge in [-0.1, -0.05) is 12.1 Å². The van der Waals surface area contributed by atoms with Crippen LogP contribution in [-0.4, -0.2) is 21.3 Å². The molecule has 1 heterocycles. The molecule has 3 rings (SSSR count). The van der Waals surface area contributed by atoms with Crippen molar-refractivity contribution in [3.8, 4) is 11.4 Å². The quantitative estimate of drug-likeness (QED) is 0.544. The molecule has 0 spiro atoms. The topological polar surface area (TPSA) is 64.1 Å². The minimum atomic E-state index is 0.0667. The highest BCUT2D eigenvalue weighted by Gasteiger charge is 2.14. The van der Waals surface area contributed by atoms with Crippen molar-refractivity contribution in [3.63, 3.8) is 0 Å². The molecule has 0 radical (unpaired) electrons. The Labute approximate surface area is 130 Å². The van der Waals surface area contributed by atoms with E-state index in [0.717, 1.165) is 26.0 Å². The van der Waals surface area contributed by atoms with Crippen LogP contribution in [0.2, 0.25) is 0 Å². The molecule has 3 N–H and O–H groups in total. The summed E-state index contributed by atoms with van der Waals surface area (Å²) in [6.45, 7) is 0.567. The van der Waals surface area contributed by atoms with Gasteiger partial charge in [-0.3, -0.25) is 0 Å². The van der Waals surface area contributed by atoms with Crippen LogP contribution in [0.4, 0.5) is 5.69 Å². The summed E-state index contributed by atoms with van der Waals surface area (Å²) in [6.07, 6.45) is 0. The van der Waals surface area contributed by atoms with Gasteiger partial charge in [-0.2, -0.15) is 0 Å². The van der Waals surface area contributed by atoms with E-state index in [1.807, 2.05) is 47.0 Å². The van der Waals surface area contributed by atoms with E-state index in [0.29, 0.717) is 12.2 Å². The molecule has 102 valence electrons. The van der Waals surface area contributed by atoms with Crippen LogP contribution in [0.25, 0.3) is 22.4 Å². The number of nitrogens with zero attached hydrogens (tertiary/aromatic N) is 2. The number of rotatable bonds is 3. The van der Waals surface area contributed by atoms with Crippen LogP contribution in [0.3, 0.4) is 0 Å². The smallest absolute Gasteiger partial charge is 0.143 e. The minimum Gasteiger partial charge on any atom is -0.398 e. The highest BCUT2D eigenvalue weighted by atomic mass is 127. The van der Waals surface area contributed by atoms with Crippen LogP contribution in [0.15, 0.2) is 42.5 Å². The lowest BCUT2D eigenvalue weighted by molar-refractivity contribution is 0.278. The fourth-order valence-electron chi connectivity index (χ4n) is 2.33. The van der Waals surface area contributed by atoms with E-state index in [1.165, 1.54) is 0 Å². The fraction of sp³-hybridized carbons (Fsp3) is 0.133. The van der Waals surface area contributed by atoms with Crippen molar-refractivity contribution in [1.29, 1.82) is 0 Å². The van der Waals surface area contributed by atoms with Crippen molar-refractivity contribution >= 4 is 39.3 Å². The van der Waals surface area contributed by atoms with Crippen LogP contribution < -0.4 is 5.73 Å². The number of nitrogens with two attached hydrogens (primary N) is 1. The number of para-hydroxylation sites is 2. The number of halogens is 1. The van der Waals surface area contributed by atoms with Gasteiger partial charge in [-0.25, -0.2) is 4.98 Å². The predicted octanol–water partition coefficient (Wildman–Crippen LogP) is 2.88. The van der Waals surface area contributed by atoms with Gasteiger partial charge in [0.1, 0.15) is 5.82 Å². The van der Waals surface area contributed by atoms with Crippen molar-refractivity contribution < 1.29 is 5.11 Å². The summed E-state index contributed by atoms with van der Waals surface area (Å²) in [5.74, 6) is 0.802. The van der Waals surface area contributed by atoms with Crippen molar-refractivity contribution in [2.45, 2.75) is 6.54 Å². The lowest BCUT2D eigenvalue weighted by Gasteiger charge is -2.10. The molecule has 1 aromatic heterocycles. The zero-order chi connectivity index (χ0) is 14.1. The molecule has 0 amide bonds. The Morgan fingerprint density at radius 3 is 2.80 bits per heavy atom. The van der Waals surface area contributed by atoms with E-state index in [-0.39, 0.29) is 6.61 Å². The number of hydrogen-bond acceptors (Lipinski definition) is 3. The number of aliphatic hydroxyl groups excluding tert-OH is 1. The summed E-state index contributed by atoms with van der Waals surface area (Å²) in [5, 5.41) is 9.31. The van der Waals surface area contributed by atoms with Crippen LogP contribution in [-0.2, 0) is 6.54 Å². The summed E-state index contributed by atoms with van der Waals surface area (Å²) in [5.41, 5.74) is 9.61. The lowest BCUT2D eigenvalue weighted by atomic mass is 10.1. The Morgan fingerprint density at radius 1 is 1.20 bits per heavy atom. The SMILES string of the molecule is Nc1ccc(I)cc1-c1nc2ccccc2n1CCO. The number of nitrogen functional groups attached to an aromatic ring is 1. The summed E-state index contributed by atoms with van der Waals surface area (Å²) in [4.78, 5) is 4.67. The van der Waals surface area contributed by atoms with Gasteiger partial charge in [0.2, 0.25) is 0 Å². The van der Waals surface area contributed by atoms with Gasteiger partial charge in [-0.15, -0.1) is 0 Å². The molecule has 0 unspecified atom stereocenters. The molecule has 0 fully saturated rings. The molecule has 3 aromatic rings. The number of anilines is 1. The van der Waals surface area contributed by atoms with Crippen molar-refractivity contribution in [2.75, 3.05) is 12.3 Å². The summed E-state index contributed by atoms with van der Waals surface area (Å²) < 4.78 is 3.12. The Kier molecular flexibility index (Phi) is 3.62. The molecule has 0 aliphatic heterocycles. The van der Waals surface area contributed by atoms with Crippen LogP contribution in [0.1, 0.15) is 0 Å². The van der Waals surface area contributed by atoms with E-state index in [4.69, 9.17) is 5.73 Å². The van der Waals surface area contributed by atoms with Gasteiger partial charge < -0.3 is 15.4 Å². The Hall–Kier alpha value is -1.60. The molecule has 2 aromatic carbocycles. The predicted molar refractivity (Wildman–Crippen MR) is 89.4 cm³/mol. The second-order valence-electron chi connectivity index (χ2n) is 4.53. The maximum absolute atomic E-state index is 9.31. The standard InChI is InChI=1S/C15H14IN3O/c16-10-5-6-12(17)11(9-10)15-18-13-3-1-2-4-14(13)19(15)7-8-20/h1-6,9,20H,7-8,17H2. The van der Waals surface area contributed by atoms with E-state index in [9.17, 15) is 5.11 Å². The van der Waals surface area contributed by atoms with E-state index >= 15 is 0 Å². The van der Waals surface area contributed by atoms with E-state index in [2.05, 4.69) is 27.6 Å². The number of benzene rings is 2. The molecule has 0 saturated carbocycles. The van der Waals surface area contributed by atoms with E-state index in [1.54, 1.807) is 0 Å². The second-order valence-corrected chi connectivity index (χ2v) is 5.78. The number of fused-ring (bicyclic) bond motifs is 1. The minimum absolute atomic E-state index is 0.0667. The fourth-order valence-corrected chi connectivity index (χ4v) is 2.82. The first-order valence-electron chi connectivity index (χ1n) is 6.32. The molecular formula is C15H14IN3O. The van der Waals surface area contributed by atoms with Crippen molar-refractivity contribution in [1.82, 2.24) is 9.55 Å². The third-order valence-corrected chi connectivity index (χ3v) is 3.91. The Bertz CT molecular complexity index is 767. The molecule has 4 nitrogen and oxygen atoms in total. The average molecular weight is 379 g/mol. The second kappa shape index (κ2) is 5.41. The molecular weight excluding hydrogens is 365 g/mol. The zero-order valence-corrected chi connectivity index (χ0v) is 12.9. The molecule has 0 aliphatic rings. The highest BCUT2D eigenvalue weighted by molar-refractivity contribution is 14.1. The number of imidazole rings is 1. The average Bonchev–Trinajstić information content (AvgIpc) is 2.81. The summed E-state index contributed by atoms with van der Waals surface area (Å²) in [6, 6.07) is 13.8. The molecule has 0 bridgehead atoms. The van der Waals surface area contributed by atoms with Crippen LogP contribution >= 0.6 is 22.6 Å². The molecule has 0 saturated heterocycles. The maximum atomic E-state index is 9.31. The van der Waals surface area contributed by atoms with Gasteiger partial charge in [0, 0.05) is 21.4 Å². The third-order valence-electron chi connectivity index (χ3n) is 3.23. The number of aliphatic hydroxyl groups is 1. The van der Waals surface area contributed by atoms with Gasteiger partial charge in [0.15, 0.2) is 0 Å². The van der Waals surface area contributed by atoms with Gasteiger partial charge in [0.05, 0.1) is 17.6 Å².